The standard InChI is InChI=1S/C30H37N3O6S.2C19H34N6O5.CH4/c1-40-30-31-24-17-25(34)26(35)18-33(28(24)32-30)15-9-8-14-23(29(37)39-20-22-12-6-3-7-13-22)16-27(36)38-19-21-10-4-2-5-11-21;2*1-11(26)12(20)6-4-7-22-19-23-14-9-15(27)16(28)10-25(17(14)24-19)8-3-2-5-13(21)18(29)30;/h2-7,10-13,23-26,34-35H,8-9,14-20H2,1H3;2*12-16,27-28H,2-10,20-21H2,1H3,(H2,22,23,29,30);1H4/p+7/t23-,24?,25+,26-;12-,13-,14+,15-,16+;12-,13-,14-,15-,16+;/m100./s1. The van der Waals surface area contributed by atoms with Gasteiger partial charge in [0.15, 0.2) is 29.7 Å². The van der Waals surface area contributed by atoms with Crippen molar-refractivity contribution in [3.63, 3.8) is 0 Å². The van der Waals surface area contributed by atoms with E-state index in [1.54, 1.807) is 13.8 Å². The number of nitrogens with zero attached hydrogens (tertiary/aromatic N) is 6. The number of carboxylic acid groups (broad SMARTS) is 2. The molecule has 6 aliphatic heterocycles. The fourth-order valence-electron chi connectivity index (χ4n) is 12.1. The summed E-state index contributed by atoms with van der Waals surface area (Å²) >= 11 is 1.51. The largest absolute Gasteiger partial charge is 0.477 e. The zero-order valence-corrected chi connectivity index (χ0v) is 59.0. The number of thioether (sulfide) groups is 1. The molecular formula is C69H116N15O16S+7. The number of esters is 2. The molecule has 101 heavy (non-hydrogen) atoms. The number of aliphatic imine (C=N–C) groups is 3. The van der Waals surface area contributed by atoms with Crippen molar-refractivity contribution in [1.29, 1.82) is 0 Å². The minimum absolute atomic E-state index is 0. The van der Waals surface area contributed by atoms with Gasteiger partial charge in [0.1, 0.15) is 75.3 Å². The van der Waals surface area contributed by atoms with Gasteiger partial charge in [0.25, 0.3) is 34.6 Å². The molecule has 0 aromatic heterocycles. The van der Waals surface area contributed by atoms with Gasteiger partial charge in [-0.05, 0) is 75.2 Å². The van der Waals surface area contributed by atoms with Gasteiger partial charge in [-0.15, -0.1) is 0 Å². The molecule has 32 heteroatoms. The first kappa shape index (κ1) is 84.3. The van der Waals surface area contributed by atoms with Crippen molar-refractivity contribution < 1.29 is 116 Å². The van der Waals surface area contributed by atoms with E-state index in [-0.39, 0.29) is 68.8 Å². The third-order valence-electron chi connectivity index (χ3n) is 18.5. The van der Waals surface area contributed by atoms with E-state index in [1.807, 2.05) is 80.6 Å². The van der Waals surface area contributed by atoms with Crippen LogP contribution in [0.4, 0.5) is 0 Å². The predicted molar refractivity (Wildman–Crippen MR) is 378 cm³/mol. The van der Waals surface area contributed by atoms with E-state index in [0.29, 0.717) is 135 Å². The van der Waals surface area contributed by atoms with Crippen molar-refractivity contribution in [3.05, 3.63) is 71.8 Å². The summed E-state index contributed by atoms with van der Waals surface area (Å²) in [6, 6.07) is 16.7. The fraction of sp³-hybridized carbons (Fsp3) is 0.652. The van der Waals surface area contributed by atoms with Crippen molar-refractivity contribution in [2.75, 3.05) is 58.6 Å². The summed E-state index contributed by atoms with van der Waals surface area (Å²) in [6.45, 7) is 7.26. The number of hydrogen-bond donors (Lipinski definition) is 17. The third-order valence-corrected chi connectivity index (χ3v) is 19.1. The summed E-state index contributed by atoms with van der Waals surface area (Å²) in [5, 5.41) is 96.7. The Kier molecular flexibility index (Phi) is 36.3. The number of carboxylic acids is 2. The number of aliphatic hydroxyl groups is 6. The van der Waals surface area contributed by atoms with E-state index in [2.05, 4.69) is 64.5 Å². The Morgan fingerprint density at radius 3 is 1.35 bits per heavy atom. The van der Waals surface area contributed by atoms with Crippen LogP contribution >= 0.6 is 11.8 Å². The van der Waals surface area contributed by atoms with E-state index in [1.165, 1.54) is 11.8 Å². The summed E-state index contributed by atoms with van der Waals surface area (Å²) in [7, 11) is 0. The molecule has 0 aliphatic carbocycles. The van der Waals surface area contributed by atoms with E-state index in [4.69, 9.17) is 19.7 Å². The van der Waals surface area contributed by atoms with E-state index in [9.17, 15) is 59.4 Å². The van der Waals surface area contributed by atoms with Crippen molar-refractivity contribution >= 4 is 81.8 Å². The van der Waals surface area contributed by atoms with Gasteiger partial charge < -0.3 is 83.9 Å². The number of fused-ring (bicyclic) bond motifs is 3. The topological polar surface area (TPSA) is 500 Å². The number of carbonyl (C=O) groups excluding carboxylic acids is 4. The minimum atomic E-state index is -0.895. The predicted octanol–water partition coefficient (Wildman–Crippen LogP) is -3.92. The number of ether oxygens (including phenoxy) is 2. The number of aliphatic hydroxyl groups excluding tert-OH is 6. The average Bonchev–Trinajstić information content (AvgIpc) is 1.69. The summed E-state index contributed by atoms with van der Waals surface area (Å²) < 4.78 is 17.1. The average molecular weight is 1440 g/mol. The van der Waals surface area contributed by atoms with Gasteiger partial charge >= 0.3 is 23.9 Å². The highest BCUT2D eigenvalue weighted by Gasteiger charge is 2.44. The number of ketones is 2. The van der Waals surface area contributed by atoms with Crippen molar-refractivity contribution in [3.8, 4) is 0 Å². The number of nitrogens with one attached hydrogen (secondary N) is 5. The highest BCUT2D eigenvalue weighted by atomic mass is 32.2. The Bertz CT molecular complexity index is 3090. The molecule has 31 nitrogen and oxygen atoms in total. The Morgan fingerprint density at radius 1 is 0.535 bits per heavy atom. The van der Waals surface area contributed by atoms with Gasteiger partial charge in [-0.2, -0.15) is 0 Å². The second-order valence-electron chi connectivity index (χ2n) is 26.6. The normalized spacial score (nSPS) is 24.4. The van der Waals surface area contributed by atoms with Crippen LogP contribution in [0, 0.1) is 5.92 Å². The molecule has 6 aliphatic rings. The van der Waals surface area contributed by atoms with Crippen LogP contribution in [-0.4, -0.2) is 262 Å². The van der Waals surface area contributed by atoms with Gasteiger partial charge in [0, 0.05) is 71.9 Å². The number of carbonyl (C=O) groups is 6. The summed E-state index contributed by atoms with van der Waals surface area (Å²) in [4.78, 5) is 83.7. The van der Waals surface area contributed by atoms with Crippen LogP contribution in [-0.2, 0) is 51.5 Å². The van der Waals surface area contributed by atoms with E-state index >= 15 is 0 Å². The smallest absolute Gasteiger partial charge is 0.362 e. The zero-order chi connectivity index (χ0) is 72.8. The van der Waals surface area contributed by atoms with Crippen LogP contribution in [0.25, 0.3) is 0 Å². The third kappa shape index (κ3) is 28.4. The maximum Gasteiger partial charge on any atom is 0.362 e. The summed E-state index contributed by atoms with van der Waals surface area (Å²) in [5.41, 5.74) is 16.7. The van der Waals surface area contributed by atoms with Crippen molar-refractivity contribution in [2.45, 2.75) is 223 Å². The number of Topliss-reactive ketones (excluding diaryl/α,β-unsaturated/α-hetero) is 2. The van der Waals surface area contributed by atoms with Crippen LogP contribution in [0.5, 0.6) is 0 Å². The minimum Gasteiger partial charge on any atom is -0.477 e. The molecule has 562 valence electrons. The van der Waals surface area contributed by atoms with Crippen LogP contribution in [0.2, 0.25) is 0 Å². The number of rotatable bonds is 34. The molecule has 1 unspecified atom stereocenters. The summed E-state index contributed by atoms with van der Waals surface area (Å²) in [5.74, 6) is 0.755. The molecular weight excluding hydrogens is 1330 g/mol. The number of β-amino-alcohol motifs (C(OH)–C–C–N with tert-alkyl or cyclic N) is 3. The lowest BCUT2D eigenvalue weighted by Gasteiger charge is -2.17. The number of amidine groups is 4. The van der Waals surface area contributed by atoms with Crippen molar-refractivity contribution in [1.82, 2.24) is 26.6 Å². The van der Waals surface area contributed by atoms with Crippen LogP contribution in [0.1, 0.15) is 142 Å². The molecule has 0 spiro atoms. The monoisotopic (exact) mass is 1440 g/mol. The van der Waals surface area contributed by atoms with E-state index in [0.717, 1.165) is 65.9 Å². The molecule has 6 heterocycles. The SMILES string of the molecule is C.CC(=O)[C@@H]([NH3+])CCCN=C1NC2=[N+](CCCC[C@H]([NH3+])C(=O)O)C[C@@H](O)[C@@H](O)C[C@@H]2N1.CC(=O)[C@@H]([NH3+])CCCN=C1NC2=[N+](CCCC[C@H]([NH3+])C(=O)O)C[C@@H](O)[C@@H](O)C[C@H]2N1.CSC1=NC2C[C@H](O)[C@H](O)C[N+](CCCC[C@H](CC(=O)OCc3ccccc3)C(=O)OCc3ccccc3)=C2N1. The molecule has 2 aromatic carbocycles. The van der Waals surface area contributed by atoms with Crippen molar-refractivity contribution in [2.24, 2.45) is 20.9 Å². The molecule has 0 saturated carbocycles. The number of aliphatic carboxylic acids is 2. The number of hydrogen-bond acceptors (Lipinski definition) is 19. The highest BCUT2D eigenvalue weighted by Crippen LogP contribution is 2.23. The summed E-state index contributed by atoms with van der Waals surface area (Å²) in [6.07, 6.45) is 6.53. The lowest BCUT2D eigenvalue weighted by atomic mass is 9.98. The Balaban J connectivity index is 0.000000276. The molecule has 2 fully saturated rings. The fourth-order valence-corrected chi connectivity index (χ4v) is 12.6. The quantitative estimate of drug-likeness (QED) is 0.0181. The van der Waals surface area contributed by atoms with Gasteiger partial charge in [-0.1, -0.05) is 79.9 Å². The Hall–Kier alpha value is -7.37. The molecule has 0 amide bonds. The number of unbranched alkanes of at least 4 members (excludes halogenated alkanes) is 3. The molecule has 25 N–H and O–H groups in total. The number of benzene rings is 2. The second kappa shape index (κ2) is 43.6. The van der Waals surface area contributed by atoms with E-state index < -0.39 is 78.5 Å². The Labute approximate surface area is 595 Å². The first-order chi connectivity index (χ1) is 47.8. The first-order valence-electron chi connectivity index (χ1n) is 35.0. The first-order valence-corrected chi connectivity index (χ1v) is 36.2. The molecule has 0 radical (unpaired) electrons. The molecule has 8 rings (SSSR count). The molecule has 2 saturated heterocycles. The lowest BCUT2D eigenvalue weighted by Crippen LogP contribution is -2.64. The van der Waals surface area contributed by atoms with Gasteiger partial charge in [-0.25, -0.2) is 40.5 Å². The lowest BCUT2D eigenvalue weighted by molar-refractivity contribution is -0.540. The van der Waals surface area contributed by atoms with Gasteiger partial charge in [0.05, 0.1) is 50.3 Å². The number of quaternary nitrogens is 4. The van der Waals surface area contributed by atoms with Crippen LogP contribution in [0.3, 0.4) is 0 Å². The van der Waals surface area contributed by atoms with Crippen LogP contribution < -0.4 is 49.5 Å². The second-order valence-corrected chi connectivity index (χ2v) is 27.4. The molecule has 0 bridgehead atoms. The van der Waals surface area contributed by atoms with Gasteiger partial charge in [-0.3, -0.25) is 32.9 Å². The van der Waals surface area contributed by atoms with Crippen LogP contribution in [0.15, 0.2) is 75.6 Å². The number of guanidine groups is 2. The maximum absolute atomic E-state index is 13.0. The Morgan fingerprint density at radius 2 is 0.931 bits per heavy atom. The zero-order valence-electron chi connectivity index (χ0n) is 58.2. The molecule has 2 aromatic rings. The highest BCUT2D eigenvalue weighted by molar-refractivity contribution is 8.13. The molecule has 14 atom stereocenters. The maximum atomic E-state index is 13.0. The van der Waals surface area contributed by atoms with Gasteiger partial charge in [0.2, 0.25) is 0 Å².